The van der Waals surface area contributed by atoms with E-state index in [0.717, 1.165) is 28.2 Å². The lowest BCUT2D eigenvalue weighted by atomic mass is 9.67. The molecule has 1 heterocycles. The van der Waals surface area contributed by atoms with E-state index in [2.05, 4.69) is 42.5 Å². The van der Waals surface area contributed by atoms with E-state index in [0.29, 0.717) is 13.0 Å². The molecule has 0 aromatic heterocycles. The second-order valence-electron chi connectivity index (χ2n) is 7.52. The van der Waals surface area contributed by atoms with Crippen molar-refractivity contribution in [3.8, 4) is 11.5 Å². The molecule has 0 radical (unpaired) electrons. The minimum atomic E-state index is -0.493. The molecule has 2 bridgehead atoms. The van der Waals surface area contributed by atoms with Gasteiger partial charge in [0, 0.05) is 30.2 Å². The van der Waals surface area contributed by atoms with Crippen molar-refractivity contribution in [2.45, 2.75) is 24.8 Å². The summed E-state index contributed by atoms with van der Waals surface area (Å²) in [6, 6.07) is 12.5. The number of nitrogens with zero attached hydrogens (tertiary/aromatic N) is 1. The molecule has 4 nitrogen and oxygen atoms in total. The topological polar surface area (TPSA) is 38.8 Å². The third-order valence-electron chi connectivity index (χ3n) is 6.38. The van der Waals surface area contributed by atoms with Crippen molar-refractivity contribution in [2.75, 3.05) is 20.8 Å². The minimum Gasteiger partial charge on any atom is -0.497 e. The summed E-state index contributed by atoms with van der Waals surface area (Å²) in [6.07, 6.45) is 6.99. The molecule has 0 unspecified atom stereocenters. The molecule has 2 aromatic carbocycles. The average Bonchev–Trinajstić information content (AvgIpc) is 2.96. The van der Waals surface area contributed by atoms with Crippen LogP contribution in [0.3, 0.4) is 0 Å². The summed E-state index contributed by atoms with van der Waals surface area (Å²) in [6.45, 7) is 2.71. The van der Waals surface area contributed by atoms with Gasteiger partial charge in [-0.15, -0.1) is 0 Å². The van der Waals surface area contributed by atoms with Gasteiger partial charge in [0.05, 0.1) is 14.2 Å². The average molecular weight is 373 g/mol. The zero-order valence-corrected chi connectivity index (χ0v) is 16.4. The van der Waals surface area contributed by atoms with E-state index in [1.165, 1.54) is 11.1 Å². The summed E-state index contributed by atoms with van der Waals surface area (Å²) in [5.41, 5.74) is 5.36. The number of likely N-dealkylation sites (N-methyl/N-ethyl adjacent to an activating group) is 1. The van der Waals surface area contributed by atoms with Crippen molar-refractivity contribution in [3.63, 3.8) is 0 Å². The van der Waals surface area contributed by atoms with Crippen LogP contribution in [0.4, 0.5) is 0 Å². The molecule has 28 heavy (non-hydrogen) atoms. The Morgan fingerprint density at radius 1 is 1.18 bits per heavy atom. The Kier molecular flexibility index (Phi) is 3.66. The molecule has 4 heteroatoms. The largest absolute Gasteiger partial charge is 0.497 e. The second-order valence-corrected chi connectivity index (χ2v) is 7.52. The maximum absolute atomic E-state index is 12.9. The SMILES string of the molecule is CCN1C(=O)C=C2Cc3cc(OC)cc(OC)c3[C@H]3C=C[C@]21c1ccccc13. The fourth-order valence-corrected chi connectivity index (χ4v) is 5.23. The van der Waals surface area contributed by atoms with Crippen LogP contribution in [0.25, 0.3) is 0 Å². The predicted octanol–water partition coefficient (Wildman–Crippen LogP) is 3.95. The van der Waals surface area contributed by atoms with Crippen LogP contribution in [0.15, 0.2) is 60.2 Å². The van der Waals surface area contributed by atoms with E-state index in [-0.39, 0.29) is 11.8 Å². The first kappa shape index (κ1) is 17.1. The standard InChI is InChI=1S/C24H23NO3/c1-4-25-22(26)13-16-11-15-12-17(27-2)14-21(28-3)23(15)19-9-10-24(16,25)20-8-6-5-7-18(19)20/h5-10,12-14,19H,4,11H2,1-3H3/t19-,24+/m0/s1. The molecule has 4 aliphatic rings. The van der Waals surface area contributed by atoms with Crippen LogP contribution in [-0.2, 0) is 16.8 Å². The maximum atomic E-state index is 12.9. The van der Waals surface area contributed by atoms with Gasteiger partial charge in [0.15, 0.2) is 0 Å². The van der Waals surface area contributed by atoms with Crippen molar-refractivity contribution in [1.29, 1.82) is 0 Å². The molecule has 0 N–H and O–H groups in total. The Hall–Kier alpha value is -3.01. The molecule has 1 amide bonds. The van der Waals surface area contributed by atoms with Gasteiger partial charge in [0.25, 0.3) is 0 Å². The number of ether oxygens (including phenoxy) is 2. The van der Waals surface area contributed by atoms with Gasteiger partial charge >= 0.3 is 0 Å². The van der Waals surface area contributed by atoms with Crippen molar-refractivity contribution in [3.05, 3.63) is 82.5 Å². The first-order chi connectivity index (χ1) is 13.6. The Bertz CT molecular complexity index is 1050. The second kappa shape index (κ2) is 5.99. The summed E-state index contributed by atoms with van der Waals surface area (Å²) in [5, 5.41) is 0. The molecule has 1 aliphatic heterocycles. The number of hydrogen-bond acceptors (Lipinski definition) is 3. The van der Waals surface area contributed by atoms with E-state index < -0.39 is 5.54 Å². The fraction of sp³-hybridized carbons (Fsp3) is 0.292. The van der Waals surface area contributed by atoms with Gasteiger partial charge in [0.1, 0.15) is 17.0 Å². The Labute approximate surface area is 165 Å². The zero-order valence-electron chi connectivity index (χ0n) is 16.4. The molecule has 1 spiro atoms. The van der Waals surface area contributed by atoms with Gasteiger partial charge in [-0.3, -0.25) is 4.79 Å². The number of methoxy groups -OCH3 is 2. The highest BCUT2D eigenvalue weighted by Gasteiger charge is 2.51. The van der Waals surface area contributed by atoms with Gasteiger partial charge in [-0.25, -0.2) is 0 Å². The van der Waals surface area contributed by atoms with Gasteiger partial charge < -0.3 is 14.4 Å². The van der Waals surface area contributed by atoms with Crippen molar-refractivity contribution in [1.82, 2.24) is 4.90 Å². The highest BCUT2D eigenvalue weighted by atomic mass is 16.5. The molecule has 6 rings (SSSR count). The van der Waals surface area contributed by atoms with E-state index in [4.69, 9.17) is 9.47 Å². The third-order valence-corrected chi connectivity index (χ3v) is 6.38. The minimum absolute atomic E-state index is 0.0775. The first-order valence-electron chi connectivity index (χ1n) is 9.70. The molecule has 0 saturated carbocycles. The zero-order chi connectivity index (χ0) is 19.5. The fourth-order valence-electron chi connectivity index (χ4n) is 5.23. The van der Waals surface area contributed by atoms with E-state index in [1.807, 2.05) is 24.0 Å². The van der Waals surface area contributed by atoms with Gasteiger partial charge in [-0.2, -0.15) is 0 Å². The number of carbonyl (C=O) groups is 1. The highest BCUT2D eigenvalue weighted by Crippen LogP contribution is 2.54. The number of rotatable bonds is 3. The van der Waals surface area contributed by atoms with Crippen LogP contribution < -0.4 is 9.47 Å². The summed E-state index contributed by atoms with van der Waals surface area (Å²) in [7, 11) is 3.37. The number of carbonyl (C=O) groups excluding carboxylic acids is 1. The number of amides is 1. The monoisotopic (exact) mass is 373 g/mol. The maximum Gasteiger partial charge on any atom is 0.247 e. The lowest BCUT2D eigenvalue weighted by Crippen LogP contribution is -2.47. The van der Waals surface area contributed by atoms with E-state index >= 15 is 0 Å². The summed E-state index contributed by atoms with van der Waals surface area (Å²) in [4.78, 5) is 14.9. The van der Waals surface area contributed by atoms with Gasteiger partial charge in [-0.05, 0) is 41.7 Å². The van der Waals surface area contributed by atoms with E-state index in [9.17, 15) is 4.79 Å². The summed E-state index contributed by atoms with van der Waals surface area (Å²) in [5.74, 6) is 1.77. The van der Waals surface area contributed by atoms with Crippen LogP contribution in [0.2, 0.25) is 0 Å². The lowest BCUT2D eigenvalue weighted by molar-refractivity contribution is -0.127. The molecule has 2 aromatic rings. The first-order valence-corrected chi connectivity index (χ1v) is 9.70. The Balaban J connectivity index is 1.87. The van der Waals surface area contributed by atoms with E-state index in [1.54, 1.807) is 14.2 Å². The highest BCUT2D eigenvalue weighted by molar-refractivity contribution is 5.94. The quantitative estimate of drug-likeness (QED) is 0.765. The van der Waals surface area contributed by atoms with Crippen LogP contribution in [-0.4, -0.2) is 31.6 Å². The van der Waals surface area contributed by atoms with Crippen LogP contribution in [0, 0.1) is 0 Å². The number of hydrogen-bond donors (Lipinski definition) is 0. The molecule has 2 atom stereocenters. The van der Waals surface area contributed by atoms with Gasteiger partial charge in [-0.1, -0.05) is 36.4 Å². The molecule has 3 aliphatic carbocycles. The Morgan fingerprint density at radius 2 is 2.00 bits per heavy atom. The molecular formula is C24H23NO3. The van der Waals surface area contributed by atoms with Crippen LogP contribution in [0.1, 0.15) is 35.1 Å². The molecule has 142 valence electrons. The van der Waals surface area contributed by atoms with Crippen molar-refractivity contribution >= 4 is 5.91 Å². The third kappa shape index (κ3) is 2.03. The predicted molar refractivity (Wildman–Crippen MR) is 108 cm³/mol. The summed E-state index contributed by atoms with van der Waals surface area (Å²) >= 11 is 0. The lowest BCUT2D eigenvalue weighted by Gasteiger charge is -2.45. The van der Waals surface area contributed by atoms with Crippen molar-refractivity contribution in [2.24, 2.45) is 0 Å². The summed E-state index contributed by atoms with van der Waals surface area (Å²) < 4.78 is 11.3. The molecular weight excluding hydrogens is 350 g/mol. The Morgan fingerprint density at radius 3 is 2.75 bits per heavy atom. The molecule has 0 saturated heterocycles. The molecule has 0 fully saturated rings. The smallest absolute Gasteiger partial charge is 0.247 e. The number of benzene rings is 2. The van der Waals surface area contributed by atoms with Crippen LogP contribution in [0.5, 0.6) is 11.5 Å². The number of allylic oxidation sites excluding steroid dienone is 1. The van der Waals surface area contributed by atoms with Crippen molar-refractivity contribution < 1.29 is 14.3 Å². The van der Waals surface area contributed by atoms with Gasteiger partial charge in [0.2, 0.25) is 5.91 Å². The van der Waals surface area contributed by atoms with Crippen LogP contribution >= 0.6 is 0 Å². The normalized spacial score (nSPS) is 24.1.